The highest BCUT2D eigenvalue weighted by atomic mass is 35.5. The summed E-state index contributed by atoms with van der Waals surface area (Å²) in [7, 11) is 0. The minimum absolute atomic E-state index is 0.511. The lowest BCUT2D eigenvalue weighted by molar-refractivity contribution is 0.308. The number of anilines is 2. The molecule has 1 aromatic rings. The summed E-state index contributed by atoms with van der Waals surface area (Å²) < 4.78 is 0. The van der Waals surface area contributed by atoms with Gasteiger partial charge in [-0.3, -0.25) is 0 Å². The summed E-state index contributed by atoms with van der Waals surface area (Å²) in [6.07, 6.45) is 5.09. The van der Waals surface area contributed by atoms with Crippen molar-refractivity contribution in [1.82, 2.24) is 9.97 Å². The van der Waals surface area contributed by atoms with Crippen molar-refractivity contribution in [3.8, 4) is 0 Å². The lowest BCUT2D eigenvalue weighted by Gasteiger charge is -2.33. The first-order valence-electron chi connectivity index (χ1n) is 6.22. The van der Waals surface area contributed by atoms with E-state index >= 15 is 0 Å². The molecule has 0 bridgehead atoms. The number of hydrogen-bond acceptors (Lipinski definition) is 4. The average Bonchev–Trinajstić information content (AvgIpc) is 2.28. The van der Waals surface area contributed by atoms with E-state index in [-0.39, 0.29) is 0 Å². The Morgan fingerprint density at radius 3 is 2.88 bits per heavy atom. The molecule has 0 atom stereocenters. The maximum Gasteiger partial charge on any atom is 0.224 e. The van der Waals surface area contributed by atoms with Crippen molar-refractivity contribution >= 4 is 23.4 Å². The Morgan fingerprint density at radius 2 is 2.24 bits per heavy atom. The smallest absolute Gasteiger partial charge is 0.224 e. The van der Waals surface area contributed by atoms with E-state index in [1.54, 1.807) is 6.20 Å². The molecular weight excluding hydrogens is 236 g/mol. The van der Waals surface area contributed by atoms with E-state index in [0.717, 1.165) is 24.7 Å². The van der Waals surface area contributed by atoms with E-state index in [4.69, 9.17) is 11.6 Å². The molecule has 0 saturated heterocycles. The van der Waals surface area contributed by atoms with Crippen LogP contribution >= 0.6 is 11.6 Å². The van der Waals surface area contributed by atoms with Gasteiger partial charge in [0.25, 0.3) is 0 Å². The lowest BCUT2D eigenvalue weighted by atomic mass is 9.82. The van der Waals surface area contributed by atoms with Gasteiger partial charge in [0.05, 0.1) is 6.20 Å². The van der Waals surface area contributed by atoms with Crippen LogP contribution in [0.3, 0.4) is 0 Å². The zero-order valence-electron chi connectivity index (χ0n) is 10.3. The fourth-order valence-electron chi connectivity index (χ4n) is 2.00. The van der Waals surface area contributed by atoms with Gasteiger partial charge in [0.2, 0.25) is 5.95 Å². The quantitative estimate of drug-likeness (QED) is 0.848. The van der Waals surface area contributed by atoms with Crippen molar-refractivity contribution in [1.29, 1.82) is 0 Å². The fourth-order valence-corrected chi connectivity index (χ4v) is 2.15. The topological polar surface area (TPSA) is 49.8 Å². The highest BCUT2D eigenvalue weighted by molar-refractivity contribution is 6.32. The third kappa shape index (κ3) is 3.22. The predicted molar refractivity (Wildman–Crippen MR) is 71.6 cm³/mol. The van der Waals surface area contributed by atoms with Gasteiger partial charge in [0.15, 0.2) is 5.82 Å². The van der Waals surface area contributed by atoms with Gasteiger partial charge in [-0.1, -0.05) is 25.4 Å². The van der Waals surface area contributed by atoms with Crippen LogP contribution in [0.15, 0.2) is 6.20 Å². The summed E-state index contributed by atoms with van der Waals surface area (Å²) in [5, 5.41) is 7.12. The Morgan fingerprint density at radius 1 is 1.47 bits per heavy atom. The molecule has 5 heteroatoms. The number of halogens is 1. The molecule has 1 aliphatic rings. The molecule has 17 heavy (non-hydrogen) atoms. The highest BCUT2D eigenvalue weighted by Crippen LogP contribution is 2.31. The van der Waals surface area contributed by atoms with Crippen LogP contribution in [0.4, 0.5) is 11.8 Å². The molecule has 0 unspecified atom stereocenters. The summed E-state index contributed by atoms with van der Waals surface area (Å²) >= 11 is 6.08. The summed E-state index contributed by atoms with van der Waals surface area (Å²) in [5.41, 5.74) is 0. The second-order valence-electron chi connectivity index (χ2n) is 4.73. The Hall–Kier alpha value is -1.03. The second-order valence-corrected chi connectivity index (χ2v) is 5.14. The molecule has 0 aromatic carbocycles. The first-order valence-corrected chi connectivity index (χ1v) is 6.59. The molecule has 1 fully saturated rings. The van der Waals surface area contributed by atoms with E-state index in [9.17, 15) is 0 Å². The summed E-state index contributed by atoms with van der Waals surface area (Å²) in [6.45, 7) is 5.24. The van der Waals surface area contributed by atoms with E-state index in [1.807, 2.05) is 0 Å². The van der Waals surface area contributed by atoms with E-state index in [1.165, 1.54) is 12.8 Å². The van der Waals surface area contributed by atoms with Gasteiger partial charge in [-0.15, -0.1) is 0 Å². The SMILES string of the molecule is CCCNc1ncc(Cl)c(NC2CC(C)C2)n1. The van der Waals surface area contributed by atoms with Gasteiger partial charge in [-0.25, -0.2) is 4.98 Å². The Kier molecular flexibility index (Phi) is 4.05. The van der Waals surface area contributed by atoms with Crippen molar-refractivity contribution in [2.24, 2.45) is 5.92 Å². The van der Waals surface area contributed by atoms with Gasteiger partial charge in [0.1, 0.15) is 5.02 Å². The van der Waals surface area contributed by atoms with Crippen molar-refractivity contribution in [3.05, 3.63) is 11.2 Å². The van der Waals surface area contributed by atoms with Gasteiger partial charge in [-0.2, -0.15) is 4.98 Å². The normalized spacial score (nSPS) is 23.0. The van der Waals surface area contributed by atoms with Crippen LogP contribution in [-0.2, 0) is 0 Å². The number of hydrogen-bond donors (Lipinski definition) is 2. The minimum Gasteiger partial charge on any atom is -0.366 e. The summed E-state index contributed by atoms with van der Waals surface area (Å²) in [6, 6.07) is 0.511. The van der Waals surface area contributed by atoms with Crippen LogP contribution in [0.1, 0.15) is 33.1 Å². The van der Waals surface area contributed by atoms with Crippen LogP contribution in [0, 0.1) is 5.92 Å². The molecule has 2 N–H and O–H groups in total. The van der Waals surface area contributed by atoms with Gasteiger partial charge in [0, 0.05) is 12.6 Å². The van der Waals surface area contributed by atoms with E-state index < -0.39 is 0 Å². The molecule has 1 heterocycles. The summed E-state index contributed by atoms with van der Waals surface area (Å²) in [4.78, 5) is 8.54. The third-order valence-electron chi connectivity index (χ3n) is 2.99. The molecule has 0 spiro atoms. The van der Waals surface area contributed by atoms with Crippen LogP contribution in [0.2, 0.25) is 5.02 Å². The first kappa shape index (κ1) is 12.4. The van der Waals surface area contributed by atoms with Crippen molar-refractivity contribution in [2.45, 2.75) is 39.2 Å². The largest absolute Gasteiger partial charge is 0.366 e. The molecule has 0 amide bonds. The Balaban J connectivity index is 1.99. The summed E-state index contributed by atoms with van der Waals surface area (Å²) in [5.74, 6) is 2.20. The van der Waals surface area contributed by atoms with Crippen molar-refractivity contribution in [2.75, 3.05) is 17.2 Å². The maximum atomic E-state index is 6.08. The van der Waals surface area contributed by atoms with Gasteiger partial charge < -0.3 is 10.6 Å². The van der Waals surface area contributed by atoms with Gasteiger partial charge >= 0.3 is 0 Å². The van der Waals surface area contributed by atoms with Crippen molar-refractivity contribution in [3.63, 3.8) is 0 Å². The Bertz CT molecular complexity index is 377. The zero-order valence-corrected chi connectivity index (χ0v) is 11.1. The molecule has 1 aliphatic carbocycles. The van der Waals surface area contributed by atoms with Crippen LogP contribution in [0.25, 0.3) is 0 Å². The van der Waals surface area contributed by atoms with Crippen LogP contribution in [0.5, 0.6) is 0 Å². The third-order valence-corrected chi connectivity index (χ3v) is 3.27. The number of nitrogens with one attached hydrogen (secondary N) is 2. The average molecular weight is 255 g/mol. The molecule has 94 valence electrons. The molecule has 1 saturated carbocycles. The van der Waals surface area contributed by atoms with E-state index in [0.29, 0.717) is 17.0 Å². The number of aromatic nitrogens is 2. The molecular formula is C12H19ClN4. The molecule has 0 radical (unpaired) electrons. The van der Waals surface area contributed by atoms with Gasteiger partial charge in [-0.05, 0) is 25.2 Å². The van der Waals surface area contributed by atoms with E-state index in [2.05, 4.69) is 34.4 Å². The molecule has 1 aromatic heterocycles. The Labute approximate surface area is 107 Å². The standard InChI is InChI=1S/C12H19ClN4/c1-3-4-14-12-15-7-10(13)11(17-12)16-9-5-8(2)6-9/h7-9H,3-6H2,1-2H3,(H2,14,15,16,17). The molecule has 0 aliphatic heterocycles. The zero-order chi connectivity index (χ0) is 12.3. The first-order chi connectivity index (χ1) is 8.19. The number of rotatable bonds is 5. The van der Waals surface area contributed by atoms with Crippen LogP contribution in [-0.4, -0.2) is 22.6 Å². The maximum absolute atomic E-state index is 6.08. The molecule has 4 nitrogen and oxygen atoms in total. The second kappa shape index (κ2) is 5.54. The molecule has 2 rings (SSSR count). The monoisotopic (exact) mass is 254 g/mol. The number of nitrogens with zero attached hydrogens (tertiary/aromatic N) is 2. The fraction of sp³-hybridized carbons (Fsp3) is 0.667. The lowest BCUT2D eigenvalue weighted by Crippen LogP contribution is -2.34. The van der Waals surface area contributed by atoms with Crippen LogP contribution < -0.4 is 10.6 Å². The highest BCUT2D eigenvalue weighted by Gasteiger charge is 2.26. The minimum atomic E-state index is 0.511. The predicted octanol–water partition coefficient (Wildman–Crippen LogP) is 3.16. The van der Waals surface area contributed by atoms with Crippen molar-refractivity contribution < 1.29 is 0 Å².